The zero-order valence-electron chi connectivity index (χ0n) is 15.0. The molecule has 0 heterocycles. The first-order valence-corrected chi connectivity index (χ1v) is 8.60. The SMILES string of the molecule is CCNC(=O)C(C)NC(=O)c1ccccc1OCCOc1ccccc1. The van der Waals surface area contributed by atoms with Crippen LogP contribution in [0, 0.1) is 0 Å². The Morgan fingerprint density at radius 1 is 0.962 bits per heavy atom. The Kier molecular flexibility index (Phi) is 7.49. The maximum Gasteiger partial charge on any atom is 0.255 e. The number of carbonyl (C=O) groups excluding carboxylic acids is 2. The molecule has 6 nitrogen and oxygen atoms in total. The van der Waals surface area contributed by atoms with Crippen LogP contribution < -0.4 is 20.1 Å². The van der Waals surface area contributed by atoms with Crippen LogP contribution in [0.2, 0.25) is 0 Å². The van der Waals surface area contributed by atoms with E-state index in [0.29, 0.717) is 31.1 Å². The van der Waals surface area contributed by atoms with E-state index in [4.69, 9.17) is 9.47 Å². The summed E-state index contributed by atoms with van der Waals surface area (Å²) in [5.74, 6) is 0.626. The van der Waals surface area contributed by atoms with Gasteiger partial charge >= 0.3 is 0 Å². The van der Waals surface area contributed by atoms with Crippen LogP contribution in [0.5, 0.6) is 11.5 Å². The number of para-hydroxylation sites is 2. The minimum absolute atomic E-state index is 0.226. The van der Waals surface area contributed by atoms with E-state index in [2.05, 4.69) is 10.6 Å². The smallest absolute Gasteiger partial charge is 0.255 e. The molecule has 0 aliphatic rings. The Balaban J connectivity index is 1.90. The van der Waals surface area contributed by atoms with Crippen LogP contribution in [0.4, 0.5) is 0 Å². The van der Waals surface area contributed by atoms with Crippen molar-refractivity contribution in [2.45, 2.75) is 19.9 Å². The largest absolute Gasteiger partial charge is 0.490 e. The van der Waals surface area contributed by atoms with E-state index in [-0.39, 0.29) is 11.8 Å². The highest BCUT2D eigenvalue weighted by atomic mass is 16.5. The first-order chi connectivity index (χ1) is 12.6. The zero-order chi connectivity index (χ0) is 18.8. The van der Waals surface area contributed by atoms with Crippen molar-refractivity contribution in [2.24, 2.45) is 0 Å². The molecule has 26 heavy (non-hydrogen) atoms. The van der Waals surface area contributed by atoms with Gasteiger partial charge in [-0.25, -0.2) is 0 Å². The molecule has 0 spiro atoms. The number of ether oxygens (including phenoxy) is 2. The van der Waals surface area contributed by atoms with Gasteiger partial charge in [0.25, 0.3) is 5.91 Å². The Morgan fingerprint density at radius 3 is 2.35 bits per heavy atom. The van der Waals surface area contributed by atoms with Gasteiger partial charge in [0.05, 0.1) is 5.56 Å². The first-order valence-electron chi connectivity index (χ1n) is 8.60. The molecule has 0 aliphatic carbocycles. The average Bonchev–Trinajstić information content (AvgIpc) is 2.66. The van der Waals surface area contributed by atoms with Gasteiger partial charge in [0, 0.05) is 6.54 Å². The van der Waals surface area contributed by atoms with Crippen LogP contribution in [0.25, 0.3) is 0 Å². The summed E-state index contributed by atoms with van der Waals surface area (Å²) >= 11 is 0. The summed E-state index contributed by atoms with van der Waals surface area (Å²) in [4.78, 5) is 24.2. The number of carbonyl (C=O) groups is 2. The number of rotatable bonds is 9. The van der Waals surface area contributed by atoms with Crippen LogP contribution in [0.1, 0.15) is 24.2 Å². The van der Waals surface area contributed by atoms with Crippen LogP contribution >= 0.6 is 0 Å². The van der Waals surface area contributed by atoms with Gasteiger partial charge in [-0.15, -0.1) is 0 Å². The van der Waals surface area contributed by atoms with E-state index in [1.54, 1.807) is 31.2 Å². The second kappa shape index (κ2) is 10.1. The molecule has 0 saturated carbocycles. The van der Waals surface area contributed by atoms with Crippen molar-refractivity contribution < 1.29 is 19.1 Å². The number of hydrogen-bond donors (Lipinski definition) is 2. The molecule has 0 saturated heterocycles. The van der Waals surface area contributed by atoms with Gasteiger partial charge in [0.2, 0.25) is 5.91 Å². The van der Waals surface area contributed by atoms with Gasteiger partial charge < -0.3 is 20.1 Å². The standard InChI is InChI=1S/C20H24N2O4/c1-3-21-19(23)15(2)22-20(24)17-11-7-8-12-18(17)26-14-13-25-16-9-5-4-6-10-16/h4-12,15H,3,13-14H2,1-2H3,(H,21,23)(H,22,24). The summed E-state index contributed by atoms with van der Waals surface area (Å²) in [5.41, 5.74) is 0.378. The molecule has 0 fully saturated rings. The molecule has 0 aromatic heterocycles. The van der Waals surface area contributed by atoms with E-state index >= 15 is 0 Å². The molecule has 0 bridgehead atoms. The molecule has 6 heteroatoms. The first kappa shape index (κ1) is 19.3. The van der Waals surface area contributed by atoms with Crippen molar-refractivity contribution in [1.29, 1.82) is 0 Å². The molecular formula is C20H24N2O4. The quantitative estimate of drug-likeness (QED) is 0.677. The topological polar surface area (TPSA) is 76.7 Å². The minimum Gasteiger partial charge on any atom is -0.490 e. The van der Waals surface area contributed by atoms with Crippen LogP contribution in [-0.2, 0) is 4.79 Å². The third-order valence-corrected chi connectivity index (χ3v) is 3.58. The molecule has 2 rings (SSSR count). The third-order valence-electron chi connectivity index (χ3n) is 3.58. The van der Waals surface area contributed by atoms with Gasteiger partial charge in [0.1, 0.15) is 30.8 Å². The molecule has 0 radical (unpaired) electrons. The van der Waals surface area contributed by atoms with Crippen molar-refractivity contribution >= 4 is 11.8 Å². The number of benzene rings is 2. The summed E-state index contributed by atoms with van der Waals surface area (Å²) < 4.78 is 11.3. The van der Waals surface area contributed by atoms with Gasteiger partial charge in [-0.05, 0) is 38.1 Å². The van der Waals surface area contributed by atoms with Crippen molar-refractivity contribution in [3.05, 3.63) is 60.2 Å². The molecule has 2 N–H and O–H groups in total. The lowest BCUT2D eigenvalue weighted by atomic mass is 10.1. The maximum atomic E-state index is 12.4. The van der Waals surface area contributed by atoms with Crippen molar-refractivity contribution in [3.8, 4) is 11.5 Å². The summed E-state index contributed by atoms with van der Waals surface area (Å²) in [7, 11) is 0. The highest BCUT2D eigenvalue weighted by molar-refractivity contribution is 5.99. The lowest BCUT2D eigenvalue weighted by molar-refractivity contribution is -0.122. The van der Waals surface area contributed by atoms with Gasteiger partial charge in [0.15, 0.2) is 0 Å². The number of nitrogens with one attached hydrogen (secondary N) is 2. The van der Waals surface area contributed by atoms with E-state index in [9.17, 15) is 9.59 Å². The van der Waals surface area contributed by atoms with Gasteiger partial charge in [-0.3, -0.25) is 9.59 Å². The molecule has 2 amide bonds. The van der Waals surface area contributed by atoms with E-state index in [1.165, 1.54) is 0 Å². The molecule has 0 aliphatic heterocycles. The Morgan fingerprint density at radius 2 is 1.62 bits per heavy atom. The highest BCUT2D eigenvalue weighted by Crippen LogP contribution is 2.18. The molecule has 2 aromatic rings. The Bertz CT molecular complexity index is 719. The third kappa shape index (κ3) is 5.81. The highest BCUT2D eigenvalue weighted by Gasteiger charge is 2.18. The fraction of sp³-hybridized carbons (Fsp3) is 0.300. The van der Waals surface area contributed by atoms with Crippen LogP contribution in [0.15, 0.2) is 54.6 Å². The zero-order valence-corrected chi connectivity index (χ0v) is 15.0. The van der Waals surface area contributed by atoms with Crippen molar-refractivity contribution in [3.63, 3.8) is 0 Å². The molecule has 138 valence electrons. The summed E-state index contributed by atoms with van der Waals surface area (Å²) in [6.07, 6.45) is 0. The molecule has 1 atom stereocenters. The Labute approximate surface area is 153 Å². The van der Waals surface area contributed by atoms with Gasteiger partial charge in [-0.2, -0.15) is 0 Å². The molecule has 2 aromatic carbocycles. The second-order valence-electron chi connectivity index (χ2n) is 5.60. The Hall–Kier alpha value is -3.02. The maximum absolute atomic E-state index is 12.4. The van der Waals surface area contributed by atoms with E-state index < -0.39 is 6.04 Å². The summed E-state index contributed by atoms with van der Waals surface area (Å²) in [6, 6.07) is 15.7. The van der Waals surface area contributed by atoms with Crippen LogP contribution in [0.3, 0.4) is 0 Å². The molecular weight excluding hydrogens is 332 g/mol. The second-order valence-corrected chi connectivity index (χ2v) is 5.60. The monoisotopic (exact) mass is 356 g/mol. The summed E-state index contributed by atoms with van der Waals surface area (Å²) in [6.45, 7) is 4.63. The molecule has 1 unspecified atom stereocenters. The normalized spacial score (nSPS) is 11.3. The minimum atomic E-state index is -0.628. The number of hydrogen-bond acceptors (Lipinski definition) is 4. The van der Waals surface area contributed by atoms with Crippen LogP contribution in [-0.4, -0.2) is 37.6 Å². The lowest BCUT2D eigenvalue weighted by Gasteiger charge is -2.15. The predicted octanol–water partition coefficient (Wildman–Crippen LogP) is 2.40. The number of amides is 2. The lowest BCUT2D eigenvalue weighted by Crippen LogP contribution is -2.44. The van der Waals surface area contributed by atoms with E-state index in [1.807, 2.05) is 37.3 Å². The fourth-order valence-electron chi connectivity index (χ4n) is 2.28. The number of likely N-dealkylation sites (N-methyl/N-ethyl adjacent to an activating group) is 1. The fourth-order valence-corrected chi connectivity index (χ4v) is 2.28. The average molecular weight is 356 g/mol. The van der Waals surface area contributed by atoms with Crippen molar-refractivity contribution in [1.82, 2.24) is 10.6 Å². The van der Waals surface area contributed by atoms with Gasteiger partial charge in [-0.1, -0.05) is 30.3 Å². The predicted molar refractivity (Wildman–Crippen MR) is 99.5 cm³/mol. The van der Waals surface area contributed by atoms with E-state index in [0.717, 1.165) is 5.75 Å². The van der Waals surface area contributed by atoms with Crippen molar-refractivity contribution in [2.75, 3.05) is 19.8 Å². The summed E-state index contributed by atoms with van der Waals surface area (Å²) in [5, 5.41) is 5.35.